The molecule has 2 atom stereocenters. The standard InChI is InChI=1S/C17H31NO2/c1-2-19-16-13-15(17(16)9-5-6-10-17)18-11-12-20-14-7-3-4-8-14/h14-16,18H,2-13H2,1H3. The summed E-state index contributed by atoms with van der Waals surface area (Å²) in [6.07, 6.45) is 13.0. The van der Waals surface area contributed by atoms with Crippen LogP contribution in [0.5, 0.6) is 0 Å². The zero-order valence-electron chi connectivity index (χ0n) is 13.0. The van der Waals surface area contributed by atoms with E-state index >= 15 is 0 Å². The van der Waals surface area contributed by atoms with Crippen LogP contribution in [-0.2, 0) is 9.47 Å². The van der Waals surface area contributed by atoms with E-state index in [0.29, 0.717) is 23.7 Å². The van der Waals surface area contributed by atoms with Gasteiger partial charge in [-0.25, -0.2) is 0 Å². The molecule has 3 aliphatic rings. The van der Waals surface area contributed by atoms with Gasteiger partial charge >= 0.3 is 0 Å². The molecule has 20 heavy (non-hydrogen) atoms. The maximum Gasteiger partial charge on any atom is 0.0661 e. The van der Waals surface area contributed by atoms with Crippen molar-refractivity contribution in [1.29, 1.82) is 0 Å². The average molecular weight is 281 g/mol. The van der Waals surface area contributed by atoms with Gasteiger partial charge in [-0.1, -0.05) is 25.7 Å². The third-order valence-electron chi connectivity index (χ3n) is 5.84. The molecule has 0 heterocycles. The minimum atomic E-state index is 0.462. The van der Waals surface area contributed by atoms with Crippen LogP contribution in [0.25, 0.3) is 0 Å². The Morgan fingerprint density at radius 3 is 2.50 bits per heavy atom. The summed E-state index contributed by atoms with van der Waals surface area (Å²) in [5.74, 6) is 0. The second-order valence-corrected chi connectivity index (χ2v) is 6.90. The predicted molar refractivity (Wildman–Crippen MR) is 80.9 cm³/mol. The van der Waals surface area contributed by atoms with Crippen LogP contribution in [0.3, 0.4) is 0 Å². The van der Waals surface area contributed by atoms with Gasteiger partial charge in [0.25, 0.3) is 0 Å². The highest BCUT2D eigenvalue weighted by atomic mass is 16.5. The second kappa shape index (κ2) is 6.76. The second-order valence-electron chi connectivity index (χ2n) is 6.90. The van der Waals surface area contributed by atoms with E-state index in [2.05, 4.69) is 12.2 Å². The van der Waals surface area contributed by atoms with E-state index in [1.54, 1.807) is 0 Å². The number of nitrogens with one attached hydrogen (secondary N) is 1. The fourth-order valence-electron chi connectivity index (χ4n) is 4.69. The van der Waals surface area contributed by atoms with Crippen molar-refractivity contribution in [2.75, 3.05) is 19.8 Å². The van der Waals surface area contributed by atoms with Crippen molar-refractivity contribution in [2.45, 2.75) is 83.0 Å². The van der Waals surface area contributed by atoms with Crippen LogP contribution < -0.4 is 5.32 Å². The molecule has 3 fully saturated rings. The van der Waals surface area contributed by atoms with E-state index in [1.807, 2.05) is 0 Å². The lowest BCUT2D eigenvalue weighted by molar-refractivity contribution is -0.131. The minimum absolute atomic E-state index is 0.462. The molecule has 1 N–H and O–H groups in total. The highest BCUT2D eigenvalue weighted by molar-refractivity contribution is 5.09. The molecule has 3 heteroatoms. The number of ether oxygens (including phenoxy) is 2. The van der Waals surface area contributed by atoms with Crippen molar-refractivity contribution in [3.05, 3.63) is 0 Å². The molecule has 0 amide bonds. The molecule has 0 aliphatic heterocycles. The fourth-order valence-corrected chi connectivity index (χ4v) is 4.69. The highest BCUT2D eigenvalue weighted by Crippen LogP contribution is 2.54. The van der Waals surface area contributed by atoms with E-state index in [9.17, 15) is 0 Å². The van der Waals surface area contributed by atoms with Gasteiger partial charge < -0.3 is 14.8 Å². The van der Waals surface area contributed by atoms with E-state index in [0.717, 1.165) is 19.8 Å². The van der Waals surface area contributed by atoms with Gasteiger partial charge in [0.15, 0.2) is 0 Å². The molecule has 0 aromatic heterocycles. The van der Waals surface area contributed by atoms with Gasteiger partial charge in [-0.2, -0.15) is 0 Å². The van der Waals surface area contributed by atoms with Crippen molar-refractivity contribution in [1.82, 2.24) is 5.32 Å². The molecule has 0 aromatic rings. The Labute approximate surface area is 123 Å². The Morgan fingerprint density at radius 2 is 1.80 bits per heavy atom. The van der Waals surface area contributed by atoms with Crippen LogP contribution in [0, 0.1) is 5.41 Å². The molecule has 3 aliphatic carbocycles. The Hall–Kier alpha value is -0.120. The summed E-state index contributed by atoms with van der Waals surface area (Å²) in [5.41, 5.74) is 0.462. The van der Waals surface area contributed by atoms with Crippen LogP contribution in [0.4, 0.5) is 0 Å². The van der Waals surface area contributed by atoms with Crippen molar-refractivity contribution in [3.63, 3.8) is 0 Å². The van der Waals surface area contributed by atoms with Crippen molar-refractivity contribution in [2.24, 2.45) is 5.41 Å². The summed E-state index contributed by atoms with van der Waals surface area (Å²) in [5, 5.41) is 3.76. The summed E-state index contributed by atoms with van der Waals surface area (Å²) in [6.45, 7) is 4.89. The van der Waals surface area contributed by atoms with Crippen LogP contribution in [0.1, 0.15) is 64.7 Å². The van der Waals surface area contributed by atoms with Crippen LogP contribution in [0.2, 0.25) is 0 Å². The zero-order valence-corrected chi connectivity index (χ0v) is 13.0. The highest BCUT2D eigenvalue weighted by Gasteiger charge is 2.56. The molecule has 1 spiro atoms. The normalized spacial score (nSPS) is 32.9. The molecular formula is C17H31NO2. The van der Waals surface area contributed by atoms with Gasteiger partial charge in [-0.05, 0) is 39.0 Å². The molecule has 3 nitrogen and oxygen atoms in total. The minimum Gasteiger partial charge on any atom is -0.378 e. The molecule has 2 unspecified atom stereocenters. The first-order chi connectivity index (χ1) is 9.85. The summed E-state index contributed by atoms with van der Waals surface area (Å²) >= 11 is 0. The molecule has 0 saturated heterocycles. The van der Waals surface area contributed by atoms with E-state index in [1.165, 1.54) is 57.8 Å². The lowest BCUT2D eigenvalue weighted by Gasteiger charge is -2.54. The number of hydrogen-bond donors (Lipinski definition) is 1. The van der Waals surface area contributed by atoms with Crippen molar-refractivity contribution < 1.29 is 9.47 Å². The van der Waals surface area contributed by atoms with Crippen LogP contribution in [-0.4, -0.2) is 38.0 Å². The monoisotopic (exact) mass is 281 g/mol. The van der Waals surface area contributed by atoms with Gasteiger partial charge in [0.2, 0.25) is 0 Å². The lowest BCUT2D eigenvalue weighted by atomic mass is 9.60. The lowest BCUT2D eigenvalue weighted by Crippen LogP contribution is -2.63. The SMILES string of the molecule is CCOC1CC(NCCOC2CCCC2)C12CCCC2. The maximum atomic E-state index is 5.96. The maximum absolute atomic E-state index is 5.96. The molecule has 3 rings (SSSR count). The Bertz CT molecular complexity index is 295. The summed E-state index contributed by atoms with van der Waals surface area (Å²) in [4.78, 5) is 0. The van der Waals surface area contributed by atoms with E-state index in [4.69, 9.17) is 9.47 Å². The molecule has 116 valence electrons. The molecule has 0 aromatic carbocycles. The first-order valence-corrected chi connectivity index (χ1v) is 8.82. The largest absolute Gasteiger partial charge is 0.378 e. The topological polar surface area (TPSA) is 30.5 Å². The third kappa shape index (κ3) is 2.90. The molecule has 3 saturated carbocycles. The van der Waals surface area contributed by atoms with Crippen molar-refractivity contribution in [3.8, 4) is 0 Å². The van der Waals surface area contributed by atoms with Crippen molar-refractivity contribution >= 4 is 0 Å². The first-order valence-electron chi connectivity index (χ1n) is 8.82. The zero-order chi connectivity index (χ0) is 13.8. The van der Waals surface area contributed by atoms with E-state index in [-0.39, 0.29) is 0 Å². The third-order valence-corrected chi connectivity index (χ3v) is 5.84. The Kier molecular flexibility index (Phi) is 5.00. The first kappa shape index (κ1) is 14.8. The average Bonchev–Trinajstić information content (AvgIpc) is 3.12. The molecular weight excluding hydrogens is 250 g/mol. The van der Waals surface area contributed by atoms with Gasteiger partial charge in [-0.3, -0.25) is 0 Å². The Morgan fingerprint density at radius 1 is 1.05 bits per heavy atom. The number of rotatable bonds is 7. The predicted octanol–water partition coefficient (Wildman–Crippen LogP) is 3.27. The smallest absolute Gasteiger partial charge is 0.0661 e. The number of hydrogen-bond acceptors (Lipinski definition) is 3. The quantitative estimate of drug-likeness (QED) is 0.727. The summed E-state index contributed by atoms with van der Waals surface area (Å²) in [7, 11) is 0. The molecule has 0 radical (unpaired) electrons. The van der Waals surface area contributed by atoms with Crippen LogP contribution >= 0.6 is 0 Å². The Balaban J connectivity index is 1.39. The van der Waals surface area contributed by atoms with Gasteiger partial charge in [-0.15, -0.1) is 0 Å². The molecule has 0 bridgehead atoms. The van der Waals surface area contributed by atoms with Gasteiger partial charge in [0, 0.05) is 24.6 Å². The summed E-state index contributed by atoms with van der Waals surface area (Å²) < 4.78 is 11.9. The van der Waals surface area contributed by atoms with Crippen LogP contribution in [0.15, 0.2) is 0 Å². The van der Waals surface area contributed by atoms with E-state index < -0.39 is 0 Å². The fraction of sp³-hybridized carbons (Fsp3) is 1.00. The van der Waals surface area contributed by atoms with Gasteiger partial charge in [0.1, 0.15) is 0 Å². The summed E-state index contributed by atoms with van der Waals surface area (Å²) in [6, 6.07) is 0.675. The van der Waals surface area contributed by atoms with Gasteiger partial charge in [0.05, 0.1) is 18.8 Å².